The van der Waals surface area contributed by atoms with Crippen molar-refractivity contribution in [1.82, 2.24) is 0 Å². The molecule has 0 aromatic heterocycles. The largest absolute Gasteiger partial charge is 0.293 e. The van der Waals surface area contributed by atoms with Gasteiger partial charge in [0.15, 0.2) is 5.78 Å². The molecule has 0 aliphatic heterocycles. The Morgan fingerprint density at radius 2 is 2.00 bits per heavy atom. The number of carbonyl (C=O) groups is 1. The minimum Gasteiger partial charge on any atom is -0.293 e. The van der Waals surface area contributed by atoms with Gasteiger partial charge in [0.05, 0.1) is 5.41 Å². The lowest BCUT2D eigenvalue weighted by Gasteiger charge is -2.21. The Kier molecular flexibility index (Phi) is 2.55. The lowest BCUT2D eigenvalue weighted by atomic mass is 9.80. The average Bonchev–Trinajstić information content (AvgIpc) is 2.42. The Balaban J connectivity index is 3.16. The average molecular weight is 176 g/mol. The number of ketones is 1. The maximum atomic E-state index is 11.9. The molecule has 1 rings (SSSR count). The lowest BCUT2D eigenvalue weighted by Crippen LogP contribution is -2.24. The van der Waals surface area contributed by atoms with Crippen LogP contribution < -0.4 is 0 Å². The highest BCUT2D eigenvalue weighted by Crippen LogP contribution is 2.41. The van der Waals surface area contributed by atoms with Crippen LogP contribution >= 0.6 is 0 Å². The van der Waals surface area contributed by atoms with Crippen molar-refractivity contribution in [3.8, 4) is 0 Å². The molecule has 0 bridgehead atoms. The van der Waals surface area contributed by atoms with Gasteiger partial charge in [0.1, 0.15) is 0 Å². The monoisotopic (exact) mass is 176 g/mol. The summed E-state index contributed by atoms with van der Waals surface area (Å²) in [6, 6.07) is 0. The van der Waals surface area contributed by atoms with Crippen LogP contribution in [-0.2, 0) is 4.79 Å². The molecule has 0 radical (unpaired) electrons. The first-order valence-corrected chi connectivity index (χ1v) is 4.70. The third-order valence-electron chi connectivity index (χ3n) is 2.99. The fourth-order valence-electron chi connectivity index (χ4n) is 1.84. The van der Waals surface area contributed by atoms with Crippen molar-refractivity contribution < 1.29 is 4.79 Å². The zero-order chi connectivity index (χ0) is 10.1. The smallest absolute Gasteiger partial charge is 0.172 e. The van der Waals surface area contributed by atoms with Crippen LogP contribution in [0.1, 0.15) is 26.7 Å². The topological polar surface area (TPSA) is 17.1 Å². The first kappa shape index (κ1) is 9.97. The molecule has 1 nitrogen and oxygen atoms in total. The van der Waals surface area contributed by atoms with Gasteiger partial charge in [-0.3, -0.25) is 4.79 Å². The minimum atomic E-state index is -0.291. The molecule has 0 fully saturated rings. The second kappa shape index (κ2) is 3.33. The van der Waals surface area contributed by atoms with Crippen LogP contribution in [0.25, 0.3) is 0 Å². The van der Waals surface area contributed by atoms with E-state index < -0.39 is 0 Å². The van der Waals surface area contributed by atoms with Gasteiger partial charge >= 0.3 is 0 Å². The van der Waals surface area contributed by atoms with Crippen LogP contribution in [-0.4, -0.2) is 5.78 Å². The van der Waals surface area contributed by atoms with Crippen LogP contribution in [0.5, 0.6) is 0 Å². The van der Waals surface area contributed by atoms with Crippen LogP contribution in [0.15, 0.2) is 36.5 Å². The molecule has 1 aliphatic carbocycles. The predicted octanol–water partition coefficient (Wildman–Crippen LogP) is 3.04. The van der Waals surface area contributed by atoms with Gasteiger partial charge < -0.3 is 0 Å². The molecule has 0 heterocycles. The van der Waals surface area contributed by atoms with Crippen molar-refractivity contribution >= 4 is 5.78 Å². The molecule has 0 saturated heterocycles. The van der Waals surface area contributed by atoms with Gasteiger partial charge in [-0.2, -0.15) is 0 Å². The fraction of sp³-hybridized carbons (Fsp3) is 0.417. The normalized spacial score (nSPS) is 20.3. The molecule has 0 aromatic carbocycles. The summed E-state index contributed by atoms with van der Waals surface area (Å²) < 4.78 is 0. The molecule has 0 unspecified atom stereocenters. The molecular weight excluding hydrogens is 160 g/mol. The van der Waals surface area contributed by atoms with E-state index in [-0.39, 0.29) is 11.2 Å². The van der Waals surface area contributed by atoms with E-state index in [4.69, 9.17) is 0 Å². The Morgan fingerprint density at radius 3 is 2.23 bits per heavy atom. The minimum absolute atomic E-state index is 0.174. The van der Waals surface area contributed by atoms with E-state index in [0.717, 1.165) is 18.4 Å². The highest BCUT2D eigenvalue weighted by Gasteiger charge is 2.39. The third-order valence-corrected chi connectivity index (χ3v) is 2.99. The van der Waals surface area contributed by atoms with Gasteiger partial charge in [-0.05, 0) is 18.4 Å². The molecule has 70 valence electrons. The van der Waals surface area contributed by atoms with Crippen LogP contribution in [0, 0.1) is 5.41 Å². The Morgan fingerprint density at radius 1 is 1.46 bits per heavy atom. The summed E-state index contributed by atoms with van der Waals surface area (Å²) in [5, 5.41) is 0. The van der Waals surface area contributed by atoms with Crippen LogP contribution in [0.3, 0.4) is 0 Å². The quantitative estimate of drug-likeness (QED) is 0.604. The Hall–Kier alpha value is -1.11. The molecule has 0 atom stereocenters. The van der Waals surface area contributed by atoms with Gasteiger partial charge in [-0.1, -0.05) is 39.2 Å². The van der Waals surface area contributed by atoms with E-state index >= 15 is 0 Å². The summed E-state index contributed by atoms with van der Waals surface area (Å²) in [4.78, 5) is 11.9. The summed E-state index contributed by atoms with van der Waals surface area (Å²) >= 11 is 0. The van der Waals surface area contributed by atoms with E-state index in [0.29, 0.717) is 5.57 Å². The number of rotatable bonds is 3. The van der Waals surface area contributed by atoms with E-state index in [1.54, 1.807) is 6.08 Å². The predicted molar refractivity (Wildman–Crippen MR) is 55.4 cm³/mol. The molecule has 0 amide bonds. The van der Waals surface area contributed by atoms with Crippen molar-refractivity contribution in [3.05, 3.63) is 36.5 Å². The van der Waals surface area contributed by atoms with Gasteiger partial charge in [0.2, 0.25) is 0 Å². The molecule has 1 aliphatic rings. The number of hydrogen-bond acceptors (Lipinski definition) is 1. The SMILES string of the molecule is C=CC1=CC(CC)(CC)C(=O)C1=C. The van der Waals surface area contributed by atoms with Crippen LogP contribution in [0.2, 0.25) is 0 Å². The number of carbonyl (C=O) groups excluding carboxylic acids is 1. The van der Waals surface area contributed by atoms with E-state index in [2.05, 4.69) is 13.2 Å². The van der Waals surface area contributed by atoms with E-state index in [1.807, 2.05) is 19.9 Å². The Labute approximate surface area is 79.8 Å². The summed E-state index contributed by atoms with van der Waals surface area (Å²) in [5.74, 6) is 0.174. The van der Waals surface area contributed by atoms with Crippen molar-refractivity contribution in [2.45, 2.75) is 26.7 Å². The molecule has 13 heavy (non-hydrogen) atoms. The number of allylic oxidation sites excluding steroid dienone is 4. The molecule has 0 N–H and O–H groups in total. The highest BCUT2D eigenvalue weighted by atomic mass is 16.1. The molecule has 0 aromatic rings. The zero-order valence-electron chi connectivity index (χ0n) is 8.39. The summed E-state index contributed by atoms with van der Waals surface area (Å²) in [6.07, 6.45) is 5.43. The standard InChI is InChI=1S/C12H16O/c1-5-10-8-12(6-2,7-3)11(13)9(10)4/h5,8H,1,4,6-7H2,2-3H3. The fourth-order valence-corrected chi connectivity index (χ4v) is 1.84. The second-order valence-corrected chi connectivity index (χ2v) is 3.47. The van der Waals surface area contributed by atoms with E-state index in [9.17, 15) is 4.79 Å². The maximum Gasteiger partial charge on any atom is 0.172 e. The molecular formula is C12H16O. The molecule has 1 heteroatoms. The molecule has 0 spiro atoms. The third kappa shape index (κ3) is 1.28. The lowest BCUT2D eigenvalue weighted by molar-refractivity contribution is -0.121. The summed E-state index contributed by atoms with van der Waals surface area (Å²) in [5.41, 5.74) is 1.24. The number of hydrogen-bond donors (Lipinski definition) is 0. The summed E-state index contributed by atoms with van der Waals surface area (Å²) in [7, 11) is 0. The first-order chi connectivity index (χ1) is 6.11. The van der Waals surface area contributed by atoms with Crippen LogP contribution in [0.4, 0.5) is 0 Å². The summed E-state index contributed by atoms with van der Waals surface area (Å²) in [6.45, 7) is 11.5. The van der Waals surface area contributed by atoms with Gasteiger partial charge in [0, 0.05) is 5.57 Å². The maximum absolute atomic E-state index is 11.9. The Bertz CT molecular complexity index is 290. The first-order valence-electron chi connectivity index (χ1n) is 4.70. The highest BCUT2D eigenvalue weighted by molar-refractivity contribution is 6.08. The van der Waals surface area contributed by atoms with E-state index in [1.165, 1.54) is 0 Å². The van der Waals surface area contributed by atoms with Gasteiger partial charge in [-0.15, -0.1) is 0 Å². The van der Waals surface area contributed by atoms with Crippen molar-refractivity contribution in [1.29, 1.82) is 0 Å². The van der Waals surface area contributed by atoms with Crippen molar-refractivity contribution in [2.75, 3.05) is 0 Å². The van der Waals surface area contributed by atoms with Crippen molar-refractivity contribution in [3.63, 3.8) is 0 Å². The van der Waals surface area contributed by atoms with Gasteiger partial charge in [0.25, 0.3) is 0 Å². The van der Waals surface area contributed by atoms with Gasteiger partial charge in [-0.25, -0.2) is 0 Å². The molecule has 0 saturated carbocycles. The second-order valence-electron chi connectivity index (χ2n) is 3.47. The van der Waals surface area contributed by atoms with Crippen molar-refractivity contribution in [2.24, 2.45) is 5.41 Å². The number of Topliss-reactive ketones (excluding diaryl/α,β-unsaturated/α-hetero) is 1. The zero-order valence-corrected chi connectivity index (χ0v) is 8.39.